The number of H-pyrrole nitrogens is 1. The average molecular weight is 506 g/mol. The van der Waals surface area contributed by atoms with Crippen LogP contribution in [-0.4, -0.2) is 34.7 Å². The van der Waals surface area contributed by atoms with Crippen molar-refractivity contribution in [3.8, 4) is 22.6 Å². The third kappa shape index (κ3) is 5.14. The number of pyridine rings is 1. The number of nitrogens with zero attached hydrogens (tertiary/aromatic N) is 6. The molecule has 3 heterocycles. The van der Waals surface area contributed by atoms with E-state index in [-0.39, 0.29) is 5.69 Å². The molecule has 1 saturated carbocycles. The summed E-state index contributed by atoms with van der Waals surface area (Å²) >= 11 is 6.78. The molecule has 0 aliphatic heterocycles. The second-order valence-electron chi connectivity index (χ2n) is 9.65. The Morgan fingerprint density at radius 1 is 1.08 bits per heavy atom. The van der Waals surface area contributed by atoms with Gasteiger partial charge in [0.1, 0.15) is 5.15 Å². The van der Waals surface area contributed by atoms with Crippen molar-refractivity contribution in [2.45, 2.75) is 71.4 Å². The molecule has 5 rings (SSSR count). The maximum absolute atomic E-state index is 13.4. The zero-order valence-corrected chi connectivity index (χ0v) is 21.4. The maximum Gasteiger partial charge on any atom is 0.329 e. The number of aromatic nitrogens is 7. The molecule has 36 heavy (non-hydrogen) atoms. The van der Waals surface area contributed by atoms with Crippen molar-refractivity contribution >= 4 is 11.6 Å². The van der Waals surface area contributed by atoms with Crippen molar-refractivity contribution in [3.63, 3.8) is 0 Å². The fourth-order valence-electron chi connectivity index (χ4n) is 5.28. The van der Waals surface area contributed by atoms with Gasteiger partial charge in [0.2, 0.25) is 0 Å². The molecule has 0 atom stereocenters. The van der Waals surface area contributed by atoms with Crippen LogP contribution in [0.2, 0.25) is 5.15 Å². The number of hydrogen-bond acceptors (Lipinski definition) is 5. The molecule has 1 aromatic carbocycles. The number of rotatable bonds is 9. The Balaban J connectivity index is 1.38. The summed E-state index contributed by atoms with van der Waals surface area (Å²) in [6.45, 7) is 3.31. The first-order valence-corrected chi connectivity index (χ1v) is 13.3. The van der Waals surface area contributed by atoms with Gasteiger partial charge in [-0.3, -0.25) is 14.1 Å². The van der Waals surface area contributed by atoms with Gasteiger partial charge in [0.25, 0.3) is 0 Å². The zero-order chi connectivity index (χ0) is 24.9. The number of aromatic amines is 1. The van der Waals surface area contributed by atoms with Crippen LogP contribution in [-0.2, 0) is 19.5 Å². The Bertz CT molecular complexity index is 1340. The maximum atomic E-state index is 13.4. The standard InChI is InChI=1S/C27H32ClN7O/c1-2-7-23-25(28)34(17-15-19-8-4-3-5-9-19)27(36)35(23)18-20-11-13-21(14-12-20)24-22(10-6-16-29-24)26-30-32-33-31-26/h6,10-14,16,19H,2-5,7-9,15,17-18H2,1H3,(H,30,31,32,33). The predicted molar refractivity (Wildman–Crippen MR) is 141 cm³/mol. The largest absolute Gasteiger partial charge is 0.329 e. The molecule has 1 aliphatic carbocycles. The van der Waals surface area contributed by atoms with Crippen molar-refractivity contribution in [3.05, 3.63) is 69.5 Å². The van der Waals surface area contributed by atoms with Crippen LogP contribution in [0.3, 0.4) is 0 Å². The lowest BCUT2D eigenvalue weighted by Gasteiger charge is -2.21. The van der Waals surface area contributed by atoms with E-state index in [1.165, 1.54) is 32.1 Å². The van der Waals surface area contributed by atoms with Gasteiger partial charge in [0, 0.05) is 23.9 Å². The Labute approximate surface area is 215 Å². The monoisotopic (exact) mass is 505 g/mol. The summed E-state index contributed by atoms with van der Waals surface area (Å²) in [5, 5.41) is 14.8. The fraction of sp³-hybridized carbons (Fsp3) is 0.444. The van der Waals surface area contributed by atoms with Crippen LogP contribution >= 0.6 is 11.6 Å². The van der Waals surface area contributed by atoms with Gasteiger partial charge in [0.05, 0.1) is 17.9 Å². The minimum Gasteiger partial charge on any atom is -0.290 e. The summed E-state index contributed by atoms with van der Waals surface area (Å²) in [4.78, 5) is 18.0. The van der Waals surface area contributed by atoms with Crippen molar-refractivity contribution in [2.24, 2.45) is 5.92 Å². The van der Waals surface area contributed by atoms with Gasteiger partial charge in [-0.2, -0.15) is 0 Å². The van der Waals surface area contributed by atoms with Gasteiger partial charge >= 0.3 is 5.69 Å². The first-order chi connectivity index (χ1) is 17.7. The van der Waals surface area contributed by atoms with Crippen LogP contribution in [0.25, 0.3) is 22.6 Å². The SMILES string of the molecule is CCCc1c(Cl)n(CCC2CCCCC2)c(=O)n1Cc1ccc(-c2ncccc2-c2nnn[nH]2)cc1. The molecular weight excluding hydrogens is 474 g/mol. The highest BCUT2D eigenvalue weighted by Crippen LogP contribution is 2.29. The van der Waals surface area contributed by atoms with E-state index in [1.807, 2.05) is 41.0 Å². The third-order valence-corrected chi connectivity index (χ3v) is 7.63. The Morgan fingerprint density at radius 3 is 2.61 bits per heavy atom. The molecule has 0 spiro atoms. The lowest BCUT2D eigenvalue weighted by atomic mass is 9.87. The quantitative estimate of drug-likeness (QED) is 0.323. The van der Waals surface area contributed by atoms with Gasteiger partial charge in [-0.25, -0.2) is 9.89 Å². The van der Waals surface area contributed by atoms with Gasteiger partial charge in [-0.15, -0.1) is 5.10 Å². The number of benzene rings is 1. The zero-order valence-electron chi connectivity index (χ0n) is 20.7. The molecule has 3 aromatic heterocycles. The Morgan fingerprint density at radius 2 is 1.89 bits per heavy atom. The van der Waals surface area contributed by atoms with E-state index in [0.29, 0.717) is 30.0 Å². The van der Waals surface area contributed by atoms with Crippen LogP contribution in [0.4, 0.5) is 0 Å². The highest BCUT2D eigenvalue weighted by atomic mass is 35.5. The van der Waals surface area contributed by atoms with Crippen LogP contribution < -0.4 is 5.69 Å². The average Bonchev–Trinajstić information content (AvgIpc) is 3.53. The van der Waals surface area contributed by atoms with Crippen molar-refractivity contribution < 1.29 is 0 Å². The number of nitrogens with one attached hydrogen (secondary N) is 1. The van der Waals surface area contributed by atoms with E-state index >= 15 is 0 Å². The smallest absolute Gasteiger partial charge is 0.290 e. The lowest BCUT2D eigenvalue weighted by molar-refractivity contribution is 0.322. The van der Waals surface area contributed by atoms with Crippen LogP contribution in [0.5, 0.6) is 0 Å². The summed E-state index contributed by atoms with van der Waals surface area (Å²) < 4.78 is 3.65. The third-order valence-electron chi connectivity index (χ3n) is 7.21. The first kappa shape index (κ1) is 24.4. The minimum atomic E-state index is -0.00633. The number of halogens is 1. The topological polar surface area (TPSA) is 94.3 Å². The number of tetrazole rings is 1. The Hall–Kier alpha value is -3.26. The molecule has 0 bridgehead atoms. The van der Waals surface area contributed by atoms with Crippen molar-refractivity contribution in [2.75, 3.05) is 0 Å². The number of hydrogen-bond donors (Lipinski definition) is 1. The van der Waals surface area contributed by atoms with E-state index in [9.17, 15) is 4.79 Å². The highest BCUT2D eigenvalue weighted by Gasteiger charge is 2.20. The molecule has 1 fully saturated rings. The number of imidazole rings is 1. The van der Waals surface area contributed by atoms with E-state index in [0.717, 1.165) is 47.3 Å². The van der Waals surface area contributed by atoms with Crippen molar-refractivity contribution in [1.29, 1.82) is 0 Å². The second-order valence-corrected chi connectivity index (χ2v) is 10.0. The molecule has 1 aliphatic rings. The summed E-state index contributed by atoms with van der Waals surface area (Å²) in [7, 11) is 0. The highest BCUT2D eigenvalue weighted by molar-refractivity contribution is 6.30. The van der Waals surface area contributed by atoms with Crippen LogP contribution in [0, 0.1) is 5.92 Å². The molecule has 0 unspecified atom stereocenters. The van der Waals surface area contributed by atoms with Crippen molar-refractivity contribution in [1.82, 2.24) is 34.7 Å². The molecule has 188 valence electrons. The molecule has 8 nitrogen and oxygen atoms in total. The second kappa shape index (κ2) is 11.2. The van der Waals surface area contributed by atoms with Gasteiger partial charge in [-0.05, 0) is 46.9 Å². The minimum absolute atomic E-state index is 0.00633. The molecule has 1 N–H and O–H groups in total. The van der Waals surface area contributed by atoms with Crippen LogP contribution in [0.15, 0.2) is 47.4 Å². The summed E-state index contributed by atoms with van der Waals surface area (Å²) in [5.74, 6) is 1.28. The van der Waals surface area contributed by atoms with Crippen LogP contribution in [0.1, 0.15) is 63.1 Å². The molecule has 0 saturated heterocycles. The fourth-order valence-corrected chi connectivity index (χ4v) is 5.64. The van der Waals surface area contributed by atoms with Gasteiger partial charge < -0.3 is 0 Å². The van der Waals surface area contributed by atoms with Gasteiger partial charge in [-0.1, -0.05) is 81.3 Å². The molecule has 9 heteroatoms. The molecule has 4 aromatic rings. The molecular formula is C27H32ClN7O. The predicted octanol–water partition coefficient (Wildman–Crippen LogP) is 5.52. The van der Waals surface area contributed by atoms with Gasteiger partial charge in [0.15, 0.2) is 5.82 Å². The lowest BCUT2D eigenvalue weighted by Crippen LogP contribution is -2.26. The van der Waals surface area contributed by atoms with E-state index in [2.05, 4.69) is 32.5 Å². The summed E-state index contributed by atoms with van der Waals surface area (Å²) in [6, 6.07) is 11.9. The molecule has 0 radical (unpaired) electrons. The molecule has 0 amide bonds. The Kier molecular flexibility index (Phi) is 7.60. The van der Waals surface area contributed by atoms with E-state index in [4.69, 9.17) is 11.6 Å². The van der Waals surface area contributed by atoms with E-state index < -0.39 is 0 Å². The van der Waals surface area contributed by atoms with E-state index in [1.54, 1.807) is 10.8 Å². The first-order valence-electron chi connectivity index (χ1n) is 12.9. The summed E-state index contributed by atoms with van der Waals surface area (Å²) in [5.41, 5.74) is 4.55. The normalized spacial score (nSPS) is 14.4. The summed E-state index contributed by atoms with van der Waals surface area (Å²) in [6.07, 6.45) is 11.0.